The molecule has 6 heteroatoms. The van der Waals surface area contributed by atoms with Gasteiger partial charge in [-0.1, -0.05) is 17.7 Å². The Labute approximate surface area is 157 Å². The molecule has 3 rings (SSSR count). The average Bonchev–Trinajstić information content (AvgIpc) is 3.14. The molecule has 0 spiro atoms. The van der Waals surface area contributed by atoms with Crippen molar-refractivity contribution in [1.29, 1.82) is 0 Å². The standard InChI is InChI=1S/C20H23FN2O2S/c1-14-4-7-17(8-5-14)26-13-20(24)23-15-6-9-19(18(21)11-15)22-12-16-3-2-10-25-16/h4-9,11,16,22H,2-3,10,12-13H2,1H3,(H,23,24). The molecule has 1 unspecified atom stereocenters. The van der Waals surface area contributed by atoms with Gasteiger partial charge in [0.2, 0.25) is 5.91 Å². The van der Waals surface area contributed by atoms with Gasteiger partial charge >= 0.3 is 0 Å². The van der Waals surface area contributed by atoms with Crippen LogP contribution >= 0.6 is 11.8 Å². The van der Waals surface area contributed by atoms with Gasteiger partial charge in [0.05, 0.1) is 17.5 Å². The van der Waals surface area contributed by atoms with Gasteiger partial charge in [0, 0.05) is 23.7 Å². The predicted octanol–water partition coefficient (Wildman–Crippen LogP) is 4.46. The van der Waals surface area contributed by atoms with E-state index in [1.807, 2.05) is 31.2 Å². The maximum atomic E-state index is 14.2. The number of carbonyl (C=O) groups excluding carboxylic acids is 1. The van der Waals surface area contributed by atoms with Crippen LogP contribution in [-0.4, -0.2) is 30.9 Å². The molecule has 0 aromatic heterocycles. The third kappa shape index (κ3) is 5.47. The quantitative estimate of drug-likeness (QED) is 0.703. The van der Waals surface area contributed by atoms with Crippen molar-refractivity contribution in [2.75, 3.05) is 29.5 Å². The van der Waals surface area contributed by atoms with E-state index in [0.717, 1.165) is 24.3 Å². The monoisotopic (exact) mass is 374 g/mol. The van der Waals surface area contributed by atoms with E-state index in [4.69, 9.17) is 4.74 Å². The molecule has 26 heavy (non-hydrogen) atoms. The maximum absolute atomic E-state index is 14.2. The summed E-state index contributed by atoms with van der Waals surface area (Å²) in [5.41, 5.74) is 2.06. The summed E-state index contributed by atoms with van der Waals surface area (Å²) in [6.07, 6.45) is 2.20. The second-order valence-electron chi connectivity index (χ2n) is 6.36. The molecule has 2 aromatic rings. The Balaban J connectivity index is 1.48. The number of benzene rings is 2. The third-order valence-electron chi connectivity index (χ3n) is 4.19. The SMILES string of the molecule is Cc1ccc(SCC(=O)Nc2ccc(NCC3CCCO3)c(F)c2)cc1. The smallest absolute Gasteiger partial charge is 0.234 e. The molecule has 1 fully saturated rings. The number of rotatable bonds is 7. The highest BCUT2D eigenvalue weighted by molar-refractivity contribution is 8.00. The molecule has 4 nitrogen and oxygen atoms in total. The second-order valence-corrected chi connectivity index (χ2v) is 7.41. The zero-order valence-corrected chi connectivity index (χ0v) is 15.6. The summed E-state index contributed by atoms with van der Waals surface area (Å²) in [5.74, 6) is -0.258. The molecule has 1 aliphatic rings. The minimum Gasteiger partial charge on any atom is -0.380 e. The molecule has 0 aliphatic carbocycles. The Kier molecular flexibility index (Phi) is 6.52. The summed E-state index contributed by atoms with van der Waals surface area (Å²) in [6.45, 7) is 3.39. The van der Waals surface area contributed by atoms with E-state index in [2.05, 4.69) is 10.6 Å². The fourth-order valence-corrected chi connectivity index (χ4v) is 3.44. The van der Waals surface area contributed by atoms with Gasteiger partial charge in [-0.15, -0.1) is 11.8 Å². The summed E-state index contributed by atoms with van der Waals surface area (Å²) in [4.78, 5) is 13.1. The summed E-state index contributed by atoms with van der Waals surface area (Å²) in [7, 11) is 0. The lowest BCUT2D eigenvalue weighted by atomic mass is 10.2. The van der Waals surface area contributed by atoms with Gasteiger partial charge in [-0.3, -0.25) is 4.79 Å². The van der Waals surface area contributed by atoms with Crippen LogP contribution in [-0.2, 0) is 9.53 Å². The van der Waals surface area contributed by atoms with Crippen molar-refractivity contribution in [2.24, 2.45) is 0 Å². The molecule has 1 saturated heterocycles. The first kappa shape index (κ1) is 18.7. The molecule has 0 radical (unpaired) electrons. The molecule has 1 heterocycles. The highest BCUT2D eigenvalue weighted by atomic mass is 32.2. The van der Waals surface area contributed by atoms with E-state index in [0.29, 0.717) is 17.9 Å². The number of amides is 1. The number of ether oxygens (including phenoxy) is 1. The molecule has 2 aromatic carbocycles. The topological polar surface area (TPSA) is 50.4 Å². The van der Waals surface area contributed by atoms with Gasteiger partial charge in [-0.2, -0.15) is 0 Å². The fraction of sp³-hybridized carbons (Fsp3) is 0.350. The lowest BCUT2D eigenvalue weighted by molar-refractivity contribution is -0.113. The third-order valence-corrected chi connectivity index (χ3v) is 5.20. The molecular weight excluding hydrogens is 351 g/mol. The van der Waals surface area contributed by atoms with Crippen molar-refractivity contribution < 1.29 is 13.9 Å². The average molecular weight is 374 g/mol. The van der Waals surface area contributed by atoms with Gasteiger partial charge in [-0.05, 0) is 50.1 Å². The first-order chi connectivity index (χ1) is 12.6. The molecule has 1 aliphatic heterocycles. The van der Waals surface area contributed by atoms with Crippen molar-refractivity contribution in [1.82, 2.24) is 0 Å². The summed E-state index contributed by atoms with van der Waals surface area (Å²) < 4.78 is 19.7. The van der Waals surface area contributed by atoms with Crippen molar-refractivity contribution in [3.05, 3.63) is 53.8 Å². The number of hydrogen-bond acceptors (Lipinski definition) is 4. The zero-order chi connectivity index (χ0) is 18.4. The van der Waals surface area contributed by atoms with E-state index >= 15 is 0 Å². The van der Waals surface area contributed by atoms with Crippen LogP contribution < -0.4 is 10.6 Å². The lowest BCUT2D eigenvalue weighted by Gasteiger charge is -2.13. The summed E-state index contributed by atoms with van der Waals surface area (Å²) in [5, 5.41) is 5.81. The number of anilines is 2. The van der Waals surface area contributed by atoms with Crippen LogP contribution in [0.1, 0.15) is 18.4 Å². The molecular formula is C20H23FN2O2S. The number of hydrogen-bond donors (Lipinski definition) is 2. The van der Waals surface area contributed by atoms with Gasteiger partial charge in [0.15, 0.2) is 0 Å². The number of carbonyl (C=O) groups is 1. The number of aryl methyl sites for hydroxylation is 1. The van der Waals surface area contributed by atoms with Crippen LogP contribution in [0.4, 0.5) is 15.8 Å². The van der Waals surface area contributed by atoms with Crippen LogP contribution in [0, 0.1) is 12.7 Å². The molecule has 1 amide bonds. The van der Waals surface area contributed by atoms with Gasteiger partial charge in [0.25, 0.3) is 0 Å². The molecule has 0 saturated carbocycles. The van der Waals surface area contributed by atoms with Crippen LogP contribution in [0.15, 0.2) is 47.4 Å². The van der Waals surface area contributed by atoms with Crippen LogP contribution in [0.2, 0.25) is 0 Å². The Morgan fingerprint density at radius 1 is 1.27 bits per heavy atom. The van der Waals surface area contributed by atoms with Crippen LogP contribution in [0.3, 0.4) is 0 Å². The van der Waals surface area contributed by atoms with Crippen LogP contribution in [0.5, 0.6) is 0 Å². The molecule has 138 valence electrons. The van der Waals surface area contributed by atoms with Crippen molar-refractivity contribution in [2.45, 2.75) is 30.8 Å². The highest BCUT2D eigenvalue weighted by Gasteiger charge is 2.15. The Hall–Kier alpha value is -2.05. The van der Waals surface area contributed by atoms with Crippen LogP contribution in [0.25, 0.3) is 0 Å². The van der Waals surface area contributed by atoms with Crippen molar-refractivity contribution in [3.8, 4) is 0 Å². The predicted molar refractivity (Wildman–Crippen MR) is 104 cm³/mol. The number of nitrogens with one attached hydrogen (secondary N) is 2. The first-order valence-corrected chi connectivity index (χ1v) is 9.73. The van der Waals surface area contributed by atoms with E-state index in [1.165, 1.54) is 23.4 Å². The minimum absolute atomic E-state index is 0.146. The first-order valence-electron chi connectivity index (χ1n) is 8.74. The zero-order valence-electron chi connectivity index (χ0n) is 14.8. The largest absolute Gasteiger partial charge is 0.380 e. The van der Waals surface area contributed by atoms with E-state index < -0.39 is 0 Å². The maximum Gasteiger partial charge on any atom is 0.234 e. The van der Waals surface area contributed by atoms with Crippen molar-refractivity contribution >= 4 is 29.0 Å². The van der Waals surface area contributed by atoms with E-state index in [9.17, 15) is 9.18 Å². The van der Waals surface area contributed by atoms with E-state index in [1.54, 1.807) is 12.1 Å². The molecule has 1 atom stereocenters. The highest BCUT2D eigenvalue weighted by Crippen LogP contribution is 2.22. The Bertz CT molecular complexity index is 746. The second kappa shape index (κ2) is 9.05. The number of thioether (sulfide) groups is 1. The normalized spacial score (nSPS) is 16.5. The summed E-state index contributed by atoms with van der Waals surface area (Å²) >= 11 is 1.45. The lowest BCUT2D eigenvalue weighted by Crippen LogP contribution is -2.19. The Morgan fingerprint density at radius 2 is 2.08 bits per heavy atom. The summed E-state index contributed by atoms with van der Waals surface area (Å²) in [6, 6.07) is 12.7. The fourth-order valence-electron chi connectivity index (χ4n) is 2.75. The van der Waals surface area contributed by atoms with Crippen molar-refractivity contribution in [3.63, 3.8) is 0 Å². The van der Waals surface area contributed by atoms with Gasteiger partial charge in [-0.25, -0.2) is 4.39 Å². The number of halogens is 1. The van der Waals surface area contributed by atoms with E-state index in [-0.39, 0.29) is 23.6 Å². The molecule has 2 N–H and O–H groups in total. The molecule has 0 bridgehead atoms. The van der Waals surface area contributed by atoms with Gasteiger partial charge < -0.3 is 15.4 Å². The minimum atomic E-state index is -0.382. The Morgan fingerprint density at radius 3 is 2.77 bits per heavy atom. The van der Waals surface area contributed by atoms with Gasteiger partial charge in [0.1, 0.15) is 5.82 Å².